The van der Waals surface area contributed by atoms with E-state index in [1.807, 2.05) is 6.26 Å². The number of carbonyl (C=O) groups is 1. The summed E-state index contributed by atoms with van der Waals surface area (Å²) in [5.74, 6) is -0.0864. The van der Waals surface area contributed by atoms with E-state index in [4.69, 9.17) is 5.11 Å². The topological polar surface area (TPSA) is 71.2 Å². The molecule has 0 fully saturated rings. The van der Waals surface area contributed by atoms with E-state index >= 15 is 0 Å². The van der Waals surface area contributed by atoms with Gasteiger partial charge in [0.05, 0.1) is 6.54 Å². The van der Waals surface area contributed by atoms with E-state index in [1.54, 1.807) is 16.7 Å². The third-order valence-corrected chi connectivity index (χ3v) is 3.39. The van der Waals surface area contributed by atoms with Crippen molar-refractivity contribution in [3.05, 3.63) is 35.6 Å². The molecule has 1 aromatic carbocycles. The molecule has 0 saturated heterocycles. The molecule has 1 heterocycles. The van der Waals surface area contributed by atoms with Crippen LogP contribution < -0.4 is 4.90 Å². The van der Waals surface area contributed by atoms with Crippen LogP contribution in [0.15, 0.2) is 29.4 Å². The van der Waals surface area contributed by atoms with Crippen molar-refractivity contribution in [1.82, 2.24) is 14.8 Å². The maximum absolute atomic E-state index is 12.9. The van der Waals surface area contributed by atoms with E-state index in [9.17, 15) is 9.18 Å². The molecule has 2 rings (SSSR count). The molecule has 0 bridgehead atoms. The fourth-order valence-electron chi connectivity index (χ4n) is 1.68. The van der Waals surface area contributed by atoms with Crippen molar-refractivity contribution < 1.29 is 14.3 Å². The number of carboxylic acid groups (broad SMARTS) is 1. The molecule has 0 aliphatic rings. The number of amides is 1. The second-order valence-corrected chi connectivity index (χ2v) is 4.81. The first-order valence-electron chi connectivity index (χ1n) is 5.71. The second kappa shape index (κ2) is 5.91. The summed E-state index contributed by atoms with van der Waals surface area (Å²) in [7, 11) is 1.40. The van der Waals surface area contributed by atoms with Crippen LogP contribution in [0.25, 0.3) is 0 Å². The van der Waals surface area contributed by atoms with Crippen LogP contribution in [0.4, 0.5) is 15.1 Å². The van der Waals surface area contributed by atoms with E-state index in [0.717, 1.165) is 10.5 Å². The normalized spacial score (nSPS) is 10.6. The van der Waals surface area contributed by atoms with Gasteiger partial charge < -0.3 is 5.11 Å². The standard InChI is InChI=1S/C12H13FN4O2S/c1-16(12(18)19)10-14-15-11(20-2)17(10)7-8-3-5-9(13)6-4-8/h3-6H,7H2,1-2H3,(H,18,19). The van der Waals surface area contributed by atoms with E-state index < -0.39 is 6.09 Å². The van der Waals surface area contributed by atoms with Crippen LogP contribution in [-0.4, -0.2) is 39.3 Å². The van der Waals surface area contributed by atoms with Crippen LogP contribution in [0.2, 0.25) is 0 Å². The Kier molecular flexibility index (Phi) is 4.23. The van der Waals surface area contributed by atoms with E-state index in [2.05, 4.69) is 10.2 Å². The van der Waals surface area contributed by atoms with Crippen molar-refractivity contribution in [2.24, 2.45) is 0 Å². The van der Waals surface area contributed by atoms with Crippen LogP contribution in [-0.2, 0) is 6.54 Å². The summed E-state index contributed by atoms with van der Waals surface area (Å²) in [6.07, 6.45) is 0.709. The first-order chi connectivity index (χ1) is 9.52. The lowest BCUT2D eigenvalue weighted by Crippen LogP contribution is -2.27. The molecule has 0 saturated carbocycles. The zero-order valence-corrected chi connectivity index (χ0v) is 11.8. The molecule has 1 amide bonds. The quantitative estimate of drug-likeness (QED) is 0.877. The Hall–Kier alpha value is -2.09. The summed E-state index contributed by atoms with van der Waals surface area (Å²) in [5, 5.41) is 17.5. The summed E-state index contributed by atoms with van der Waals surface area (Å²) in [6, 6.07) is 6.01. The van der Waals surface area contributed by atoms with Gasteiger partial charge in [-0.25, -0.2) is 14.1 Å². The fourth-order valence-corrected chi connectivity index (χ4v) is 2.17. The summed E-state index contributed by atoms with van der Waals surface area (Å²) in [5.41, 5.74) is 0.835. The molecule has 20 heavy (non-hydrogen) atoms. The highest BCUT2D eigenvalue weighted by atomic mass is 32.2. The zero-order chi connectivity index (χ0) is 14.7. The average Bonchev–Trinajstić information content (AvgIpc) is 2.83. The molecule has 8 heteroatoms. The van der Waals surface area contributed by atoms with Gasteiger partial charge >= 0.3 is 6.09 Å². The lowest BCUT2D eigenvalue weighted by Gasteiger charge is -2.14. The third kappa shape index (κ3) is 2.90. The van der Waals surface area contributed by atoms with Gasteiger partial charge in [-0.05, 0) is 24.0 Å². The van der Waals surface area contributed by atoms with Crippen LogP contribution in [0.3, 0.4) is 0 Å². The van der Waals surface area contributed by atoms with Gasteiger partial charge in [-0.3, -0.25) is 4.57 Å². The average molecular weight is 296 g/mol. The molecule has 0 spiro atoms. The highest BCUT2D eigenvalue weighted by Crippen LogP contribution is 2.21. The Morgan fingerprint density at radius 1 is 1.40 bits per heavy atom. The van der Waals surface area contributed by atoms with Gasteiger partial charge in [0.1, 0.15) is 5.82 Å². The first-order valence-corrected chi connectivity index (χ1v) is 6.93. The predicted molar refractivity (Wildman–Crippen MR) is 73.7 cm³/mol. The van der Waals surface area contributed by atoms with Gasteiger partial charge in [0.2, 0.25) is 5.95 Å². The number of halogens is 1. The third-order valence-electron chi connectivity index (χ3n) is 2.72. The van der Waals surface area contributed by atoms with Crippen molar-refractivity contribution in [2.45, 2.75) is 11.7 Å². The Morgan fingerprint density at radius 3 is 2.60 bits per heavy atom. The van der Waals surface area contributed by atoms with Crippen molar-refractivity contribution in [3.8, 4) is 0 Å². The van der Waals surface area contributed by atoms with Gasteiger partial charge in [-0.1, -0.05) is 23.9 Å². The SMILES string of the molecule is CSc1nnc(N(C)C(=O)O)n1Cc1ccc(F)cc1. The van der Waals surface area contributed by atoms with Crippen molar-refractivity contribution in [3.63, 3.8) is 0 Å². The van der Waals surface area contributed by atoms with Crippen LogP contribution >= 0.6 is 11.8 Å². The Bertz CT molecular complexity index is 614. The summed E-state index contributed by atoms with van der Waals surface area (Å²) in [4.78, 5) is 12.0. The zero-order valence-electron chi connectivity index (χ0n) is 10.9. The molecule has 0 aliphatic heterocycles. The molecular formula is C12H13FN4O2S. The smallest absolute Gasteiger partial charge is 0.413 e. The van der Waals surface area contributed by atoms with Crippen LogP contribution in [0.1, 0.15) is 5.56 Å². The monoisotopic (exact) mass is 296 g/mol. The minimum Gasteiger partial charge on any atom is -0.465 e. The lowest BCUT2D eigenvalue weighted by molar-refractivity contribution is 0.202. The molecule has 1 N–H and O–H groups in total. The summed E-state index contributed by atoms with van der Waals surface area (Å²) < 4.78 is 14.6. The number of nitrogens with zero attached hydrogens (tertiary/aromatic N) is 4. The molecule has 0 radical (unpaired) electrons. The predicted octanol–water partition coefficient (Wildman–Crippen LogP) is 2.30. The lowest BCUT2D eigenvalue weighted by atomic mass is 10.2. The molecular weight excluding hydrogens is 283 g/mol. The number of thioether (sulfide) groups is 1. The second-order valence-electron chi connectivity index (χ2n) is 4.04. The van der Waals surface area contributed by atoms with Crippen molar-refractivity contribution in [1.29, 1.82) is 0 Å². The summed E-state index contributed by atoms with van der Waals surface area (Å²) in [6.45, 7) is 0.371. The maximum Gasteiger partial charge on any atom is 0.413 e. The Labute approximate surface area is 119 Å². The van der Waals surface area contributed by atoms with Gasteiger partial charge in [0.25, 0.3) is 0 Å². The molecule has 0 unspecified atom stereocenters. The van der Waals surface area contributed by atoms with Crippen LogP contribution in [0, 0.1) is 5.82 Å². The number of benzene rings is 1. The highest BCUT2D eigenvalue weighted by Gasteiger charge is 2.19. The van der Waals surface area contributed by atoms with Crippen molar-refractivity contribution >= 4 is 23.8 Å². The van der Waals surface area contributed by atoms with E-state index in [0.29, 0.717) is 11.7 Å². The molecule has 6 nitrogen and oxygen atoms in total. The minimum atomic E-state index is -1.12. The minimum absolute atomic E-state index is 0.228. The number of hydrogen-bond acceptors (Lipinski definition) is 4. The van der Waals surface area contributed by atoms with Crippen molar-refractivity contribution in [2.75, 3.05) is 18.2 Å². The molecule has 0 aliphatic carbocycles. The molecule has 0 atom stereocenters. The molecule has 2 aromatic rings. The first kappa shape index (κ1) is 14.3. The number of hydrogen-bond donors (Lipinski definition) is 1. The van der Waals surface area contributed by atoms with Gasteiger partial charge in [-0.2, -0.15) is 0 Å². The largest absolute Gasteiger partial charge is 0.465 e. The maximum atomic E-state index is 12.9. The Balaban J connectivity index is 2.36. The Morgan fingerprint density at radius 2 is 2.05 bits per heavy atom. The number of aromatic nitrogens is 3. The highest BCUT2D eigenvalue weighted by molar-refractivity contribution is 7.98. The molecule has 1 aromatic heterocycles. The van der Waals surface area contributed by atoms with Gasteiger partial charge in [-0.15, -0.1) is 10.2 Å². The fraction of sp³-hybridized carbons (Fsp3) is 0.250. The number of rotatable bonds is 4. The van der Waals surface area contributed by atoms with Crippen LogP contribution in [0.5, 0.6) is 0 Å². The van der Waals surface area contributed by atoms with E-state index in [-0.39, 0.29) is 11.8 Å². The molecule has 106 valence electrons. The summed E-state index contributed by atoms with van der Waals surface area (Å²) >= 11 is 1.36. The number of anilines is 1. The van der Waals surface area contributed by atoms with Gasteiger partial charge in [0.15, 0.2) is 5.16 Å². The van der Waals surface area contributed by atoms with Gasteiger partial charge in [0, 0.05) is 7.05 Å². The van der Waals surface area contributed by atoms with E-state index in [1.165, 1.54) is 30.9 Å².